The number of hydrogen-bond donors (Lipinski definition) is 2. The molecule has 2 heterocycles. The normalized spacial score (nSPS) is 19.2. The maximum absolute atomic E-state index is 12.7. The lowest BCUT2D eigenvalue weighted by Gasteiger charge is -2.22. The minimum atomic E-state index is -0.189. The van der Waals surface area contributed by atoms with Gasteiger partial charge in [0.1, 0.15) is 11.4 Å². The lowest BCUT2D eigenvalue weighted by atomic mass is 9.88. The van der Waals surface area contributed by atoms with Gasteiger partial charge in [0.05, 0.1) is 12.6 Å². The van der Waals surface area contributed by atoms with Crippen LogP contribution in [0.4, 0.5) is 0 Å². The van der Waals surface area contributed by atoms with E-state index in [-0.39, 0.29) is 24.2 Å². The van der Waals surface area contributed by atoms with Crippen molar-refractivity contribution in [2.24, 2.45) is 5.92 Å². The van der Waals surface area contributed by atoms with Gasteiger partial charge >= 0.3 is 0 Å². The summed E-state index contributed by atoms with van der Waals surface area (Å²) in [7, 11) is 0. The van der Waals surface area contributed by atoms with Crippen LogP contribution in [0.1, 0.15) is 123 Å². The van der Waals surface area contributed by atoms with Gasteiger partial charge in [0.2, 0.25) is 5.78 Å². The first-order valence-electron chi connectivity index (χ1n) is 13.0. The highest BCUT2D eigenvalue weighted by atomic mass is 16.1. The number of Topliss-reactive ketones (excluding diaryl/α,β-unsaturated/α-hetero) is 2. The number of unbranched alkanes of at least 4 members (excludes halogenated alkanes) is 12. The number of rotatable bonds is 18. The summed E-state index contributed by atoms with van der Waals surface area (Å²) in [6, 6.07) is -0.189. The molecule has 0 spiro atoms. The van der Waals surface area contributed by atoms with E-state index in [9.17, 15) is 9.59 Å². The van der Waals surface area contributed by atoms with Crippen molar-refractivity contribution in [2.75, 3.05) is 6.54 Å². The molecule has 4 nitrogen and oxygen atoms in total. The van der Waals surface area contributed by atoms with Crippen molar-refractivity contribution in [2.45, 2.75) is 129 Å². The molecule has 0 saturated carbocycles. The van der Waals surface area contributed by atoms with Gasteiger partial charge in [-0.15, -0.1) is 0 Å². The predicted molar refractivity (Wildman–Crippen MR) is 125 cm³/mol. The van der Waals surface area contributed by atoms with E-state index < -0.39 is 0 Å². The minimum Gasteiger partial charge on any atom is -0.373 e. The number of nitrogens with one attached hydrogen (secondary N) is 2. The molecule has 0 radical (unpaired) electrons. The van der Waals surface area contributed by atoms with Gasteiger partial charge in [-0.1, -0.05) is 117 Å². The molecule has 2 aliphatic heterocycles. The maximum Gasteiger partial charge on any atom is 0.203 e. The fourth-order valence-corrected chi connectivity index (χ4v) is 4.92. The Morgan fingerprint density at radius 2 is 1.23 bits per heavy atom. The smallest absolute Gasteiger partial charge is 0.203 e. The Bertz CT molecular complexity index is 555. The molecular weight excluding hydrogens is 372 g/mol. The Morgan fingerprint density at radius 3 is 1.73 bits per heavy atom. The summed E-state index contributed by atoms with van der Waals surface area (Å²) in [5.74, 6) is 0.740. The fraction of sp³-hybridized carbons (Fsp3) is 0.846. The van der Waals surface area contributed by atoms with E-state index in [2.05, 4.69) is 24.5 Å². The van der Waals surface area contributed by atoms with Crippen LogP contribution in [0.25, 0.3) is 0 Å². The summed E-state index contributed by atoms with van der Waals surface area (Å²) < 4.78 is 0. The highest BCUT2D eigenvalue weighted by Crippen LogP contribution is 2.28. The van der Waals surface area contributed by atoms with Crippen molar-refractivity contribution in [3.8, 4) is 0 Å². The third-order valence-corrected chi connectivity index (χ3v) is 6.84. The largest absolute Gasteiger partial charge is 0.373 e. The van der Waals surface area contributed by atoms with Gasteiger partial charge in [0.15, 0.2) is 5.78 Å². The van der Waals surface area contributed by atoms with Crippen LogP contribution in [0.5, 0.6) is 0 Å². The van der Waals surface area contributed by atoms with Crippen molar-refractivity contribution in [3.05, 3.63) is 11.4 Å². The van der Waals surface area contributed by atoms with Crippen molar-refractivity contribution >= 4 is 11.6 Å². The Hall–Kier alpha value is -1.32. The maximum atomic E-state index is 12.7. The van der Waals surface area contributed by atoms with Crippen molar-refractivity contribution < 1.29 is 9.59 Å². The number of hydrogen-bond acceptors (Lipinski definition) is 4. The Labute approximate surface area is 185 Å². The van der Waals surface area contributed by atoms with E-state index in [1.54, 1.807) is 0 Å². The second-order valence-corrected chi connectivity index (χ2v) is 9.51. The Balaban J connectivity index is 1.71. The molecule has 30 heavy (non-hydrogen) atoms. The SMILES string of the molecule is CCCCCCCCCCC(CCCCCCCC)CC1NC2=C(NCC2=O)C1=O. The van der Waals surface area contributed by atoms with Crippen LogP contribution in [-0.2, 0) is 9.59 Å². The topological polar surface area (TPSA) is 58.2 Å². The van der Waals surface area contributed by atoms with Crippen LogP contribution in [0.3, 0.4) is 0 Å². The number of carbonyl (C=O) groups is 2. The molecule has 2 rings (SSSR count). The molecule has 2 unspecified atom stereocenters. The van der Waals surface area contributed by atoms with E-state index in [0.29, 0.717) is 17.3 Å². The van der Waals surface area contributed by atoms with Crippen LogP contribution in [0, 0.1) is 5.92 Å². The first-order chi connectivity index (χ1) is 14.7. The first kappa shape index (κ1) is 24.9. The van der Waals surface area contributed by atoms with Crippen LogP contribution >= 0.6 is 0 Å². The van der Waals surface area contributed by atoms with Gasteiger partial charge < -0.3 is 10.6 Å². The van der Waals surface area contributed by atoms with Crippen molar-refractivity contribution in [3.63, 3.8) is 0 Å². The molecule has 2 atom stereocenters. The van der Waals surface area contributed by atoms with E-state index in [0.717, 1.165) is 6.42 Å². The lowest BCUT2D eigenvalue weighted by molar-refractivity contribution is -0.117. The fourth-order valence-electron chi connectivity index (χ4n) is 4.92. The van der Waals surface area contributed by atoms with Gasteiger partial charge in [-0.05, 0) is 12.3 Å². The van der Waals surface area contributed by atoms with E-state index in [4.69, 9.17) is 0 Å². The summed E-state index contributed by atoms with van der Waals surface area (Å²) in [6.07, 6.45) is 22.0. The third kappa shape index (κ3) is 8.43. The summed E-state index contributed by atoms with van der Waals surface area (Å²) >= 11 is 0. The molecule has 0 bridgehead atoms. The molecule has 172 valence electrons. The Kier molecular flexibility index (Phi) is 12.2. The molecule has 0 aromatic heterocycles. The Morgan fingerprint density at radius 1 is 0.733 bits per heavy atom. The molecule has 0 aromatic rings. The molecule has 0 aromatic carbocycles. The van der Waals surface area contributed by atoms with Gasteiger partial charge in [-0.3, -0.25) is 9.59 Å². The van der Waals surface area contributed by atoms with Gasteiger partial charge in [0.25, 0.3) is 0 Å². The lowest BCUT2D eigenvalue weighted by Crippen LogP contribution is -2.36. The predicted octanol–water partition coefficient (Wildman–Crippen LogP) is 6.20. The van der Waals surface area contributed by atoms with Crippen LogP contribution in [0.2, 0.25) is 0 Å². The summed E-state index contributed by atoms with van der Waals surface area (Å²) in [5, 5.41) is 6.24. The van der Waals surface area contributed by atoms with E-state index >= 15 is 0 Å². The summed E-state index contributed by atoms with van der Waals surface area (Å²) in [6.45, 7) is 4.80. The third-order valence-electron chi connectivity index (χ3n) is 6.84. The molecule has 2 aliphatic rings. The molecule has 0 saturated heterocycles. The average Bonchev–Trinajstić information content (AvgIpc) is 3.26. The van der Waals surface area contributed by atoms with E-state index in [1.165, 1.54) is 103 Å². The second-order valence-electron chi connectivity index (χ2n) is 9.51. The van der Waals surface area contributed by atoms with Crippen LogP contribution in [0.15, 0.2) is 11.4 Å². The average molecular weight is 419 g/mol. The zero-order chi connectivity index (χ0) is 21.6. The second kappa shape index (κ2) is 14.6. The van der Waals surface area contributed by atoms with E-state index in [1.807, 2.05) is 0 Å². The highest BCUT2D eigenvalue weighted by Gasteiger charge is 2.39. The molecule has 4 heteroatoms. The minimum absolute atomic E-state index is 0.0383. The molecule has 0 amide bonds. The van der Waals surface area contributed by atoms with Gasteiger partial charge in [-0.2, -0.15) is 0 Å². The van der Waals surface area contributed by atoms with Gasteiger partial charge in [0, 0.05) is 0 Å². The first-order valence-corrected chi connectivity index (χ1v) is 13.0. The standard InChI is InChI=1S/C26H46N2O2/c1-3-5-7-9-11-12-14-16-18-21(17-15-13-10-8-6-4-2)19-22-26(30)25-24(28-22)23(29)20-27-25/h21-22,27-28H,3-20H2,1-2H3. The summed E-state index contributed by atoms with van der Waals surface area (Å²) in [4.78, 5) is 24.6. The zero-order valence-electron chi connectivity index (χ0n) is 19.7. The molecule has 2 N–H and O–H groups in total. The molecule has 0 aliphatic carbocycles. The number of carbonyl (C=O) groups excluding carboxylic acids is 2. The monoisotopic (exact) mass is 418 g/mol. The molecular formula is C26H46N2O2. The van der Waals surface area contributed by atoms with Crippen molar-refractivity contribution in [1.82, 2.24) is 10.6 Å². The van der Waals surface area contributed by atoms with Crippen molar-refractivity contribution in [1.29, 1.82) is 0 Å². The van der Waals surface area contributed by atoms with Gasteiger partial charge in [-0.25, -0.2) is 0 Å². The summed E-state index contributed by atoms with van der Waals surface area (Å²) in [5.41, 5.74) is 1.10. The molecule has 0 fully saturated rings. The van der Waals surface area contributed by atoms with Crippen LogP contribution in [-0.4, -0.2) is 24.2 Å². The number of ketones is 2. The zero-order valence-corrected chi connectivity index (χ0v) is 19.7. The highest BCUT2D eigenvalue weighted by molar-refractivity contribution is 6.14. The van der Waals surface area contributed by atoms with Crippen LogP contribution < -0.4 is 10.6 Å². The quantitative estimate of drug-likeness (QED) is 0.260.